The molecule has 0 aromatic heterocycles. The molecule has 2 rings (SSSR count). The summed E-state index contributed by atoms with van der Waals surface area (Å²) < 4.78 is 5.26. The minimum absolute atomic E-state index is 0.0506. The van der Waals surface area contributed by atoms with Gasteiger partial charge in [-0.3, -0.25) is 4.79 Å². The monoisotopic (exact) mass is 184 g/mol. The van der Waals surface area contributed by atoms with E-state index in [2.05, 4.69) is 0 Å². The highest BCUT2D eigenvalue weighted by Gasteiger charge is 2.58. The Morgan fingerprint density at radius 3 is 2.46 bits per heavy atom. The van der Waals surface area contributed by atoms with Gasteiger partial charge in [0.2, 0.25) is 0 Å². The predicted molar refractivity (Wildman–Crippen MR) is 47.4 cm³/mol. The molecule has 3 nitrogen and oxygen atoms in total. The van der Waals surface area contributed by atoms with Crippen molar-refractivity contribution in [1.29, 1.82) is 0 Å². The summed E-state index contributed by atoms with van der Waals surface area (Å²) in [4.78, 5) is 10.8. The van der Waals surface area contributed by atoms with Gasteiger partial charge in [-0.05, 0) is 37.5 Å². The first-order valence-electron chi connectivity index (χ1n) is 4.93. The number of rotatable bonds is 2. The van der Waals surface area contributed by atoms with Crippen molar-refractivity contribution < 1.29 is 14.6 Å². The molecular formula is C10H16O3. The number of hydrogen-bond acceptors (Lipinski definition) is 2. The zero-order chi connectivity index (χ0) is 9.47. The molecule has 1 atom stereocenters. The third-order valence-corrected chi connectivity index (χ3v) is 3.75. The lowest BCUT2D eigenvalue weighted by Gasteiger charge is -2.27. The fourth-order valence-corrected chi connectivity index (χ4v) is 2.65. The van der Waals surface area contributed by atoms with E-state index in [-0.39, 0.29) is 11.3 Å². The van der Waals surface area contributed by atoms with E-state index in [0.717, 1.165) is 32.1 Å². The van der Waals surface area contributed by atoms with E-state index < -0.39 is 5.97 Å². The van der Waals surface area contributed by atoms with E-state index in [4.69, 9.17) is 9.84 Å². The molecule has 0 radical (unpaired) electrons. The summed E-state index contributed by atoms with van der Waals surface area (Å²) in [5, 5.41) is 8.86. The molecule has 1 spiro atoms. The molecule has 3 heteroatoms. The fraction of sp³-hybridized carbons (Fsp3) is 0.900. The van der Waals surface area contributed by atoms with Crippen LogP contribution in [-0.4, -0.2) is 24.3 Å². The summed E-state index contributed by atoms with van der Waals surface area (Å²) in [6.45, 7) is 0. The topological polar surface area (TPSA) is 46.5 Å². The van der Waals surface area contributed by atoms with Gasteiger partial charge in [0.1, 0.15) is 0 Å². The number of carbonyl (C=O) groups is 1. The average molecular weight is 184 g/mol. The summed E-state index contributed by atoms with van der Waals surface area (Å²) in [6.07, 6.45) is 5.45. The van der Waals surface area contributed by atoms with Gasteiger partial charge in [0, 0.05) is 7.11 Å². The van der Waals surface area contributed by atoms with Gasteiger partial charge >= 0.3 is 5.97 Å². The van der Waals surface area contributed by atoms with Crippen molar-refractivity contribution in [3.8, 4) is 0 Å². The molecule has 2 aliphatic rings. The Hall–Kier alpha value is -0.570. The van der Waals surface area contributed by atoms with E-state index in [1.807, 2.05) is 0 Å². The highest BCUT2D eigenvalue weighted by atomic mass is 16.5. The predicted octanol–water partition coefficient (Wildman–Crippen LogP) is 1.67. The molecule has 0 bridgehead atoms. The highest BCUT2D eigenvalue weighted by Crippen LogP contribution is 2.61. The van der Waals surface area contributed by atoms with Crippen LogP contribution in [-0.2, 0) is 9.53 Å². The van der Waals surface area contributed by atoms with Crippen LogP contribution in [0.25, 0.3) is 0 Å². The zero-order valence-electron chi connectivity index (χ0n) is 7.95. The maximum atomic E-state index is 10.8. The Labute approximate surface area is 78.1 Å². The van der Waals surface area contributed by atoms with Crippen molar-refractivity contribution in [1.82, 2.24) is 0 Å². The Kier molecular flexibility index (Phi) is 2.06. The van der Waals surface area contributed by atoms with E-state index in [1.165, 1.54) is 0 Å². The van der Waals surface area contributed by atoms with Crippen LogP contribution >= 0.6 is 0 Å². The standard InChI is InChI=1S/C10H16O3/c1-13-7-2-4-10(5-3-7)6-8(10)9(11)12/h7-8H,2-6H2,1H3,(H,11,12)/t7?,8-,10?/m0/s1. The average Bonchev–Trinajstić information content (AvgIpc) is 2.82. The normalized spacial score (nSPS) is 43.5. The van der Waals surface area contributed by atoms with Crippen molar-refractivity contribution in [3.05, 3.63) is 0 Å². The van der Waals surface area contributed by atoms with Crippen LogP contribution in [0.1, 0.15) is 32.1 Å². The number of ether oxygens (including phenoxy) is 1. The molecule has 0 aromatic carbocycles. The summed E-state index contributed by atoms with van der Waals surface area (Å²) in [7, 11) is 1.74. The third-order valence-electron chi connectivity index (χ3n) is 3.75. The summed E-state index contributed by atoms with van der Waals surface area (Å²) in [5.41, 5.74) is 0.168. The molecule has 0 heterocycles. The van der Waals surface area contributed by atoms with Gasteiger partial charge in [-0.25, -0.2) is 0 Å². The van der Waals surface area contributed by atoms with Gasteiger partial charge in [0.25, 0.3) is 0 Å². The van der Waals surface area contributed by atoms with E-state index in [0.29, 0.717) is 6.10 Å². The molecular weight excluding hydrogens is 168 g/mol. The maximum absolute atomic E-state index is 10.8. The second-order valence-electron chi connectivity index (χ2n) is 4.39. The molecule has 74 valence electrons. The van der Waals surface area contributed by atoms with Crippen LogP contribution in [0.5, 0.6) is 0 Å². The first-order valence-corrected chi connectivity index (χ1v) is 4.93. The third kappa shape index (κ3) is 1.46. The molecule has 2 fully saturated rings. The summed E-state index contributed by atoms with van der Waals surface area (Å²) in [5.74, 6) is -0.652. The molecule has 1 N–H and O–H groups in total. The van der Waals surface area contributed by atoms with Crippen LogP contribution in [0.3, 0.4) is 0 Å². The van der Waals surface area contributed by atoms with Crippen molar-refractivity contribution in [2.24, 2.45) is 11.3 Å². The number of hydrogen-bond donors (Lipinski definition) is 1. The van der Waals surface area contributed by atoms with Crippen LogP contribution in [0.4, 0.5) is 0 Å². The first-order chi connectivity index (χ1) is 6.18. The minimum Gasteiger partial charge on any atom is -0.481 e. The number of carboxylic acid groups (broad SMARTS) is 1. The van der Waals surface area contributed by atoms with Gasteiger partial charge in [0.05, 0.1) is 12.0 Å². The smallest absolute Gasteiger partial charge is 0.307 e. The van der Waals surface area contributed by atoms with Gasteiger partial charge in [0.15, 0.2) is 0 Å². The fourth-order valence-electron chi connectivity index (χ4n) is 2.65. The summed E-state index contributed by atoms with van der Waals surface area (Å²) >= 11 is 0. The van der Waals surface area contributed by atoms with E-state index >= 15 is 0 Å². The highest BCUT2D eigenvalue weighted by molar-refractivity contribution is 5.74. The van der Waals surface area contributed by atoms with Crippen molar-refractivity contribution in [2.45, 2.75) is 38.2 Å². The second kappa shape index (κ2) is 2.98. The van der Waals surface area contributed by atoms with Crippen LogP contribution in [0.2, 0.25) is 0 Å². The van der Waals surface area contributed by atoms with Gasteiger partial charge in [-0.2, -0.15) is 0 Å². The lowest BCUT2D eigenvalue weighted by atomic mass is 9.83. The molecule has 0 unspecified atom stereocenters. The number of methoxy groups -OCH3 is 1. The van der Waals surface area contributed by atoms with Crippen molar-refractivity contribution >= 4 is 5.97 Å². The van der Waals surface area contributed by atoms with E-state index in [9.17, 15) is 4.79 Å². The van der Waals surface area contributed by atoms with Crippen molar-refractivity contribution in [2.75, 3.05) is 7.11 Å². The van der Waals surface area contributed by atoms with Gasteiger partial charge < -0.3 is 9.84 Å². The molecule has 2 aliphatic carbocycles. The Bertz CT molecular complexity index is 216. The largest absolute Gasteiger partial charge is 0.481 e. The van der Waals surface area contributed by atoms with Crippen LogP contribution in [0, 0.1) is 11.3 Å². The van der Waals surface area contributed by atoms with Gasteiger partial charge in [-0.1, -0.05) is 0 Å². The molecule has 13 heavy (non-hydrogen) atoms. The SMILES string of the molecule is COC1CCC2(CC1)C[C@H]2C(=O)O. The minimum atomic E-state index is -0.601. The van der Waals surface area contributed by atoms with Crippen LogP contribution < -0.4 is 0 Å². The maximum Gasteiger partial charge on any atom is 0.307 e. The Morgan fingerprint density at radius 1 is 1.46 bits per heavy atom. The van der Waals surface area contributed by atoms with Crippen molar-refractivity contribution in [3.63, 3.8) is 0 Å². The summed E-state index contributed by atoms with van der Waals surface area (Å²) in [6, 6.07) is 0. The zero-order valence-corrected chi connectivity index (χ0v) is 7.95. The lowest BCUT2D eigenvalue weighted by Crippen LogP contribution is -2.23. The second-order valence-corrected chi connectivity index (χ2v) is 4.39. The Morgan fingerprint density at radius 2 is 2.08 bits per heavy atom. The number of carboxylic acids is 1. The lowest BCUT2D eigenvalue weighted by molar-refractivity contribution is -0.139. The van der Waals surface area contributed by atoms with Gasteiger partial charge in [-0.15, -0.1) is 0 Å². The number of aliphatic carboxylic acids is 1. The molecule has 0 saturated heterocycles. The molecule has 0 aliphatic heterocycles. The van der Waals surface area contributed by atoms with Crippen LogP contribution in [0.15, 0.2) is 0 Å². The quantitative estimate of drug-likeness (QED) is 0.710. The van der Waals surface area contributed by atoms with E-state index in [1.54, 1.807) is 7.11 Å². The first kappa shape index (κ1) is 9.00. The Balaban J connectivity index is 1.89. The molecule has 0 amide bonds. The molecule has 0 aromatic rings. The molecule has 2 saturated carbocycles.